The lowest BCUT2D eigenvalue weighted by Crippen LogP contribution is -2.46. The lowest BCUT2D eigenvalue weighted by Gasteiger charge is -2.30. The van der Waals surface area contributed by atoms with Crippen LogP contribution in [-0.2, 0) is 14.4 Å². The molecule has 106 valence electrons. The first-order chi connectivity index (χ1) is 8.54. The molecular formula is C12H17NO5S. The summed E-state index contributed by atoms with van der Waals surface area (Å²) < 4.78 is 28.7. The Morgan fingerprint density at radius 2 is 1.68 bits per heavy atom. The van der Waals surface area contributed by atoms with E-state index in [9.17, 15) is 13.2 Å². The van der Waals surface area contributed by atoms with Gasteiger partial charge < -0.3 is 5.11 Å². The molecule has 0 heterocycles. The molecule has 0 aliphatic heterocycles. The number of rotatable bonds is 3. The number of amides is 1. The van der Waals surface area contributed by atoms with Gasteiger partial charge in [0.1, 0.15) is 0 Å². The minimum atomic E-state index is -4.16. The van der Waals surface area contributed by atoms with Gasteiger partial charge in [-0.15, -0.1) is 4.28 Å². The fourth-order valence-corrected chi connectivity index (χ4v) is 2.32. The number of hydrogen-bond donors (Lipinski definition) is 1. The minimum absolute atomic E-state index is 0.0893. The van der Waals surface area contributed by atoms with Crippen molar-refractivity contribution in [3.05, 3.63) is 29.8 Å². The van der Waals surface area contributed by atoms with Crippen molar-refractivity contribution < 1.29 is 22.6 Å². The number of nitrogens with zero attached hydrogens (tertiary/aromatic N) is 1. The van der Waals surface area contributed by atoms with Crippen LogP contribution in [0.1, 0.15) is 26.3 Å². The van der Waals surface area contributed by atoms with Crippen LogP contribution in [0.4, 0.5) is 4.79 Å². The maximum absolute atomic E-state index is 12.0. The summed E-state index contributed by atoms with van der Waals surface area (Å²) in [5, 5.41) is 9.42. The van der Waals surface area contributed by atoms with E-state index in [-0.39, 0.29) is 4.90 Å². The summed E-state index contributed by atoms with van der Waals surface area (Å²) in [5.41, 5.74) is -0.103. The van der Waals surface area contributed by atoms with Crippen LogP contribution < -0.4 is 0 Å². The maximum Gasteiger partial charge on any atom is 0.433 e. The fraction of sp³-hybridized carbons (Fsp3) is 0.417. The second kappa shape index (κ2) is 5.18. The number of aryl methyl sites for hydroxylation is 1. The van der Waals surface area contributed by atoms with Crippen molar-refractivity contribution in [2.75, 3.05) is 0 Å². The van der Waals surface area contributed by atoms with Crippen molar-refractivity contribution in [3.63, 3.8) is 0 Å². The van der Waals surface area contributed by atoms with Gasteiger partial charge >= 0.3 is 16.2 Å². The van der Waals surface area contributed by atoms with E-state index in [1.807, 2.05) is 6.92 Å². The quantitative estimate of drug-likeness (QED) is 0.863. The molecule has 1 N–H and O–H groups in total. The zero-order valence-electron chi connectivity index (χ0n) is 11.2. The molecule has 0 aromatic heterocycles. The van der Waals surface area contributed by atoms with Crippen LogP contribution in [0.15, 0.2) is 29.2 Å². The van der Waals surface area contributed by atoms with Gasteiger partial charge in [-0.1, -0.05) is 17.7 Å². The Labute approximate surface area is 112 Å². The lowest BCUT2D eigenvalue weighted by atomic mass is 10.1. The molecule has 0 fully saturated rings. The molecule has 19 heavy (non-hydrogen) atoms. The summed E-state index contributed by atoms with van der Waals surface area (Å²) >= 11 is 0. The van der Waals surface area contributed by atoms with E-state index in [1.165, 1.54) is 32.9 Å². The van der Waals surface area contributed by atoms with Gasteiger partial charge in [0.05, 0.1) is 10.4 Å². The van der Waals surface area contributed by atoms with Crippen molar-refractivity contribution in [1.29, 1.82) is 0 Å². The Kier molecular flexibility index (Phi) is 4.21. The zero-order chi connectivity index (χ0) is 14.8. The minimum Gasteiger partial charge on any atom is -0.463 e. The van der Waals surface area contributed by atoms with E-state index in [2.05, 4.69) is 0 Å². The Bertz CT molecular complexity index is 557. The predicted molar refractivity (Wildman–Crippen MR) is 69.1 cm³/mol. The highest BCUT2D eigenvalue weighted by atomic mass is 32.2. The number of hydroxylamine groups is 2. The van der Waals surface area contributed by atoms with Crippen LogP contribution in [0.2, 0.25) is 0 Å². The first-order valence-electron chi connectivity index (χ1n) is 5.58. The lowest BCUT2D eigenvalue weighted by molar-refractivity contribution is -0.0907. The monoisotopic (exact) mass is 287 g/mol. The smallest absolute Gasteiger partial charge is 0.433 e. The molecule has 1 aromatic rings. The standard InChI is InChI=1S/C12H17NO5S/c1-9-5-7-10(8-6-9)19(16,17)18-13(11(14)15)12(2,3)4/h5-8H,1-4H3,(H,14,15). The molecule has 0 atom stereocenters. The molecule has 0 aliphatic carbocycles. The Hall–Kier alpha value is -1.60. The summed E-state index contributed by atoms with van der Waals surface area (Å²) in [6, 6.07) is 5.96. The summed E-state index contributed by atoms with van der Waals surface area (Å²) in [6.07, 6.45) is -1.47. The molecular weight excluding hydrogens is 270 g/mol. The van der Waals surface area contributed by atoms with E-state index < -0.39 is 21.8 Å². The summed E-state index contributed by atoms with van der Waals surface area (Å²) in [4.78, 5) is 11.0. The fourth-order valence-electron chi connectivity index (χ4n) is 1.28. The maximum atomic E-state index is 12.0. The molecule has 7 heteroatoms. The van der Waals surface area contributed by atoms with Gasteiger partial charge in [0.15, 0.2) is 0 Å². The topological polar surface area (TPSA) is 83.9 Å². The third kappa shape index (κ3) is 3.93. The van der Waals surface area contributed by atoms with Gasteiger partial charge in [0.25, 0.3) is 0 Å². The highest BCUT2D eigenvalue weighted by Gasteiger charge is 2.33. The third-order valence-electron chi connectivity index (χ3n) is 2.27. The van der Waals surface area contributed by atoms with Crippen molar-refractivity contribution in [2.45, 2.75) is 38.1 Å². The molecule has 6 nitrogen and oxygen atoms in total. The summed E-state index contributed by atoms with van der Waals surface area (Å²) in [6.45, 7) is 6.42. The van der Waals surface area contributed by atoms with Crippen molar-refractivity contribution in [2.24, 2.45) is 0 Å². The van der Waals surface area contributed by atoms with Crippen molar-refractivity contribution in [3.8, 4) is 0 Å². The van der Waals surface area contributed by atoms with Crippen molar-refractivity contribution >= 4 is 16.2 Å². The molecule has 0 unspecified atom stereocenters. The molecule has 1 amide bonds. The first-order valence-corrected chi connectivity index (χ1v) is 6.99. The van der Waals surface area contributed by atoms with Crippen molar-refractivity contribution in [1.82, 2.24) is 5.06 Å². The molecule has 0 aliphatic rings. The van der Waals surface area contributed by atoms with Gasteiger partial charge in [-0.2, -0.15) is 13.5 Å². The molecule has 1 rings (SSSR count). The third-order valence-corrected chi connectivity index (χ3v) is 3.46. The second-order valence-electron chi connectivity index (χ2n) is 5.09. The van der Waals surface area contributed by atoms with Crippen LogP contribution in [0.25, 0.3) is 0 Å². The Morgan fingerprint density at radius 3 is 2.05 bits per heavy atom. The van der Waals surface area contributed by atoms with E-state index in [1.54, 1.807) is 12.1 Å². The number of hydrogen-bond acceptors (Lipinski definition) is 4. The predicted octanol–water partition coefficient (Wildman–Crippen LogP) is 2.39. The molecule has 0 spiro atoms. The van der Waals surface area contributed by atoms with E-state index in [4.69, 9.17) is 9.39 Å². The van der Waals surface area contributed by atoms with Crippen LogP contribution in [0, 0.1) is 6.92 Å². The molecule has 0 bridgehead atoms. The van der Waals surface area contributed by atoms with E-state index >= 15 is 0 Å². The largest absolute Gasteiger partial charge is 0.463 e. The van der Waals surface area contributed by atoms with Gasteiger partial charge in [-0.05, 0) is 39.8 Å². The second-order valence-corrected chi connectivity index (χ2v) is 6.62. The average Bonchev–Trinajstić information content (AvgIpc) is 2.24. The van der Waals surface area contributed by atoms with Gasteiger partial charge in [0.2, 0.25) is 0 Å². The van der Waals surface area contributed by atoms with Gasteiger partial charge in [0, 0.05) is 0 Å². The van der Waals surface area contributed by atoms with E-state index in [0.717, 1.165) is 5.56 Å². The van der Waals surface area contributed by atoms with Crippen LogP contribution >= 0.6 is 0 Å². The molecule has 1 aromatic carbocycles. The van der Waals surface area contributed by atoms with E-state index in [0.29, 0.717) is 5.06 Å². The molecule has 0 saturated carbocycles. The number of benzene rings is 1. The summed E-state index contributed by atoms with van der Waals surface area (Å²) in [7, 11) is -4.16. The molecule has 0 saturated heterocycles. The Morgan fingerprint density at radius 1 is 1.21 bits per heavy atom. The SMILES string of the molecule is Cc1ccc(S(=O)(=O)ON(C(=O)O)C(C)(C)C)cc1. The van der Waals surface area contributed by atoms with Crippen LogP contribution in [-0.4, -0.2) is 30.2 Å². The zero-order valence-corrected chi connectivity index (χ0v) is 12.1. The average molecular weight is 287 g/mol. The highest BCUT2D eigenvalue weighted by molar-refractivity contribution is 7.86. The first kappa shape index (κ1) is 15.5. The number of carbonyl (C=O) groups is 1. The van der Waals surface area contributed by atoms with Crippen LogP contribution in [0.3, 0.4) is 0 Å². The normalized spacial score (nSPS) is 12.2. The molecule has 0 radical (unpaired) electrons. The van der Waals surface area contributed by atoms with Crippen LogP contribution in [0.5, 0.6) is 0 Å². The number of carboxylic acid groups (broad SMARTS) is 1. The van der Waals surface area contributed by atoms with Gasteiger partial charge in [-0.3, -0.25) is 0 Å². The highest BCUT2D eigenvalue weighted by Crippen LogP contribution is 2.20. The van der Waals surface area contributed by atoms with Gasteiger partial charge in [-0.25, -0.2) is 4.79 Å². The summed E-state index contributed by atoms with van der Waals surface area (Å²) in [5.74, 6) is 0. The Balaban J connectivity index is 3.08.